The van der Waals surface area contributed by atoms with Gasteiger partial charge in [0.1, 0.15) is 10.8 Å². The Balaban J connectivity index is 1.31. The maximum absolute atomic E-state index is 12.8. The number of anilines is 2. The van der Waals surface area contributed by atoms with Crippen LogP contribution >= 0.6 is 22.9 Å². The molecule has 3 aromatic rings. The van der Waals surface area contributed by atoms with Crippen LogP contribution in [-0.4, -0.2) is 48.1 Å². The number of rotatable bonds is 8. The Labute approximate surface area is 211 Å². The molecular weight excluding hydrogens is 490 g/mol. The predicted molar refractivity (Wildman–Crippen MR) is 134 cm³/mol. The summed E-state index contributed by atoms with van der Waals surface area (Å²) in [5, 5.41) is 15.0. The van der Waals surface area contributed by atoms with Crippen LogP contribution in [0.2, 0.25) is 5.02 Å². The lowest BCUT2D eigenvalue weighted by molar-refractivity contribution is -0.122. The summed E-state index contributed by atoms with van der Waals surface area (Å²) in [5.41, 5.74) is 2.05. The summed E-state index contributed by atoms with van der Waals surface area (Å²) in [6.45, 7) is 2.53. The fraction of sp³-hybridized carbons (Fsp3) is 0.292. The second kappa shape index (κ2) is 10.8. The predicted octanol–water partition coefficient (Wildman–Crippen LogP) is 3.47. The molecule has 1 aliphatic heterocycles. The van der Waals surface area contributed by atoms with Crippen LogP contribution in [0.15, 0.2) is 42.5 Å². The first kappa shape index (κ1) is 24.6. The van der Waals surface area contributed by atoms with Crippen molar-refractivity contribution in [3.63, 3.8) is 0 Å². The van der Waals surface area contributed by atoms with Crippen molar-refractivity contribution in [2.45, 2.75) is 19.8 Å². The Bertz CT molecular complexity index is 1260. The van der Waals surface area contributed by atoms with Crippen LogP contribution in [-0.2, 0) is 16.0 Å². The molecule has 0 saturated carbocycles. The van der Waals surface area contributed by atoms with Crippen molar-refractivity contribution in [3.05, 3.63) is 63.6 Å². The Morgan fingerprint density at radius 1 is 1.23 bits per heavy atom. The van der Waals surface area contributed by atoms with Gasteiger partial charge in [0.2, 0.25) is 16.9 Å². The first-order chi connectivity index (χ1) is 16.9. The van der Waals surface area contributed by atoms with Gasteiger partial charge in [-0.3, -0.25) is 14.4 Å². The molecule has 2 heterocycles. The van der Waals surface area contributed by atoms with E-state index in [9.17, 15) is 14.4 Å². The van der Waals surface area contributed by atoms with Crippen molar-refractivity contribution in [1.29, 1.82) is 0 Å². The van der Waals surface area contributed by atoms with Gasteiger partial charge < -0.3 is 20.3 Å². The zero-order valence-electron chi connectivity index (χ0n) is 19.2. The number of benzene rings is 2. The zero-order valence-corrected chi connectivity index (χ0v) is 20.8. The highest BCUT2D eigenvalue weighted by molar-refractivity contribution is 7.15. The van der Waals surface area contributed by atoms with Crippen LogP contribution < -0.4 is 20.3 Å². The summed E-state index contributed by atoms with van der Waals surface area (Å²) in [6.07, 6.45) is 0.551. The van der Waals surface area contributed by atoms with Gasteiger partial charge in [-0.25, -0.2) is 0 Å². The summed E-state index contributed by atoms with van der Waals surface area (Å²) >= 11 is 7.27. The van der Waals surface area contributed by atoms with Crippen molar-refractivity contribution in [1.82, 2.24) is 15.5 Å². The highest BCUT2D eigenvalue weighted by atomic mass is 35.5. The molecule has 1 fully saturated rings. The number of nitrogens with zero attached hydrogens (tertiary/aromatic N) is 3. The lowest BCUT2D eigenvalue weighted by atomic mass is 10.1. The fourth-order valence-corrected chi connectivity index (χ4v) is 4.73. The molecule has 3 amide bonds. The van der Waals surface area contributed by atoms with E-state index < -0.39 is 5.92 Å². The first-order valence-electron chi connectivity index (χ1n) is 11.0. The molecule has 182 valence electrons. The molecule has 1 aromatic heterocycles. The zero-order chi connectivity index (χ0) is 24.9. The van der Waals surface area contributed by atoms with E-state index in [2.05, 4.69) is 20.8 Å². The maximum atomic E-state index is 12.8. The minimum absolute atomic E-state index is 0.0999. The number of halogens is 1. The van der Waals surface area contributed by atoms with Crippen molar-refractivity contribution in [2.75, 3.05) is 30.4 Å². The van der Waals surface area contributed by atoms with Crippen molar-refractivity contribution in [3.8, 4) is 5.75 Å². The third kappa shape index (κ3) is 5.77. The number of carbonyl (C=O) groups excluding carboxylic acids is 3. The summed E-state index contributed by atoms with van der Waals surface area (Å²) in [5.74, 6) is -0.631. The van der Waals surface area contributed by atoms with Gasteiger partial charge in [0, 0.05) is 25.9 Å². The van der Waals surface area contributed by atoms with Crippen LogP contribution in [0.5, 0.6) is 5.75 Å². The van der Waals surface area contributed by atoms with E-state index in [1.54, 1.807) is 36.3 Å². The van der Waals surface area contributed by atoms with Gasteiger partial charge in [-0.15, -0.1) is 10.2 Å². The SMILES string of the molecule is COc1ccc(C)cc1N1CC(C(=O)Nc2nnc(CCNC(=O)c3ccccc3Cl)s2)CC1=O. The molecule has 0 spiro atoms. The highest BCUT2D eigenvalue weighted by Gasteiger charge is 2.36. The second-order valence-corrected chi connectivity index (χ2v) is 9.53. The molecule has 0 bridgehead atoms. The molecule has 35 heavy (non-hydrogen) atoms. The fourth-order valence-electron chi connectivity index (χ4n) is 3.76. The van der Waals surface area contributed by atoms with Crippen molar-refractivity contribution >= 4 is 51.5 Å². The normalized spacial score (nSPS) is 15.2. The van der Waals surface area contributed by atoms with Crippen molar-refractivity contribution in [2.24, 2.45) is 5.92 Å². The highest BCUT2D eigenvalue weighted by Crippen LogP contribution is 2.34. The number of nitrogens with one attached hydrogen (secondary N) is 2. The Hall–Kier alpha value is -3.50. The number of aromatic nitrogens is 2. The minimum Gasteiger partial charge on any atom is -0.495 e. The Morgan fingerprint density at radius 2 is 2.03 bits per heavy atom. The van der Waals surface area contributed by atoms with Crippen LogP contribution in [0.4, 0.5) is 10.8 Å². The maximum Gasteiger partial charge on any atom is 0.252 e. The van der Waals surface area contributed by atoms with Crippen molar-refractivity contribution < 1.29 is 19.1 Å². The Morgan fingerprint density at radius 3 is 2.80 bits per heavy atom. The van der Waals surface area contributed by atoms with Gasteiger partial charge in [0.25, 0.3) is 5.91 Å². The standard InChI is InChI=1S/C24H24ClN5O4S/c1-14-7-8-19(34-2)18(11-14)30-13-15(12-21(30)31)22(32)27-24-29-28-20(35-24)9-10-26-23(33)16-5-3-4-6-17(16)25/h3-8,11,15H,9-10,12-13H2,1-2H3,(H,26,33)(H,27,29,32). The summed E-state index contributed by atoms with van der Waals surface area (Å²) in [6, 6.07) is 12.4. The number of hydrogen-bond donors (Lipinski definition) is 2. The van der Waals surface area contributed by atoms with Gasteiger partial charge in [-0.2, -0.15) is 0 Å². The number of carbonyl (C=O) groups is 3. The third-order valence-corrected chi connectivity index (χ3v) is 6.79. The molecule has 4 rings (SSSR count). The minimum atomic E-state index is -0.519. The molecule has 1 atom stereocenters. The molecule has 1 aliphatic rings. The first-order valence-corrected chi connectivity index (χ1v) is 12.2. The van der Waals surface area contributed by atoms with E-state index in [1.165, 1.54) is 11.3 Å². The average molecular weight is 514 g/mol. The van der Waals surface area contributed by atoms with E-state index in [4.69, 9.17) is 16.3 Å². The third-order valence-electron chi connectivity index (χ3n) is 5.56. The van der Waals surface area contributed by atoms with E-state index >= 15 is 0 Å². The molecular formula is C24H24ClN5O4S. The molecule has 2 N–H and O–H groups in total. The van der Waals surface area contributed by atoms with Gasteiger partial charge in [0.15, 0.2) is 0 Å². The van der Waals surface area contributed by atoms with Crippen LogP contribution in [0.3, 0.4) is 0 Å². The Kier molecular flexibility index (Phi) is 7.62. The number of methoxy groups -OCH3 is 1. The molecule has 0 radical (unpaired) electrons. The summed E-state index contributed by atoms with van der Waals surface area (Å²) in [7, 11) is 1.55. The van der Waals surface area contributed by atoms with E-state index in [-0.39, 0.29) is 30.7 Å². The molecule has 11 heteroatoms. The molecule has 1 unspecified atom stereocenters. The number of aryl methyl sites for hydroxylation is 1. The number of ether oxygens (including phenoxy) is 1. The van der Waals surface area contributed by atoms with Gasteiger partial charge >= 0.3 is 0 Å². The summed E-state index contributed by atoms with van der Waals surface area (Å²) in [4.78, 5) is 39.3. The number of amides is 3. The average Bonchev–Trinajstić information content (AvgIpc) is 3.45. The van der Waals surface area contributed by atoms with E-state index in [0.29, 0.717) is 45.1 Å². The molecule has 1 saturated heterocycles. The van der Waals surface area contributed by atoms with Gasteiger partial charge in [-0.05, 0) is 36.8 Å². The largest absolute Gasteiger partial charge is 0.495 e. The molecule has 9 nitrogen and oxygen atoms in total. The topological polar surface area (TPSA) is 114 Å². The molecule has 2 aromatic carbocycles. The van der Waals surface area contributed by atoms with Crippen LogP contribution in [0.1, 0.15) is 27.3 Å². The lowest BCUT2D eigenvalue weighted by Crippen LogP contribution is -2.28. The van der Waals surface area contributed by atoms with Crippen LogP contribution in [0.25, 0.3) is 0 Å². The van der Waals surface area contributed by atoms with Gasteiger partial charge in [0.05, 0.1) is 29.3 Å². The molecule has 0 aliphatic carbocycles. The second-order valence-electron chi connectivity index (χ2n) is 8.06. The van der Waals surface area contributed by atoms with Crippen LogP contribution in [0, 0.1) is 12.8 Å². The van der Waals surface area contributed by atoms with E-state index in [1.807, 2.05) is 25.1 Å². The quantitative estimate of drug-likeness (QED) is 0.477. The monoisotopic (exact) mass is 513 g/mol. The number of hydrogen-bond acceptors (Lipinski definition) is 7. The lowest BCUT2D eigenvalue weighted by Gasteiger charge is -2.20. The van der Waals surface area contributed by atoms with Gasteiger partial charge in [-0.1, -0.05) is 41.1 Å². The van der Waals surface area contributed by atoms with E-state index in [0.717, 1.165) is 5.56 Å². The smallest absolute Gasteiger partial charge is 0.252 e. The summed E-state index contributed by atoms with van der Waals surface area (Å²) < 4.78 is 5.39.